The van der Waals surface area contributed by atoms with Crippen LogP contribution in [0.15, 0.2) is 48.5 Å². The molecule has 0 bridgehead atoms. The minimum atomic E-state index is -0.108. The van der Waals surface area contributed by atoms with Crippen molar-refractivity contribution in [3.05, 3.63) is 54.1 Å². The van der Waals surface area contributed by atoms with Crippen LogP contribution in [0.3, 0.4) is 0 Å². The average Bonchev–Trinajstić information content (AvgIpc) is 2.37. The van der Waals surface area contributed by atoms with Crippen LogP contribution in [-0.2, 0) is 4.32 Å². The van der Waals surface area contributed by atoms with Crippen molar-refractivity contribution in [2.75, 3.05) is 7.11 Å². The summed E-state index contributed by atoms with van der Waals surface area (Å²) in [4.78, 5) is 0. The van der Waals surface area contributed by atoms with E-state index in [0.29, 0.717) is 0 Å². The lowest BCUT2D eigenvalue weighted by molar-refractivity contribution is 0.408. The molecule has 0 radical (unpaired) electrons. The highest BCUT2D eigenvalue weighted by Gasteiger charge is 2.22. The van der Waals surface area contributed by atoms with Crippen molar-refractivity contribution in [1.29, 1.82) is 0 Å². The summed E-state index contributed by atoms with van der Waals surface area (Å²) in [7, 11) is 1.73. The second-order valence-electron chi connectivity index (χ2n) is 4.72. The quantitative estimate of drug-likeness (QED) is 0.726. The van der Waals surface area contributed by atoms with E-state index in [1.807, 2.05) is 18.2 Å². The molecule has 0 atom stereocenters. The van der Waals surface area contributed by atoms with Crippen molar-refractivity contribution in [2.45, 2.75) is 18.2 Å². The largest absolute Gasteiger partial charge is 0.496 e. The van der Waals surface area contributed by atoms with Crippen LogP contribution in [0.1, 0.15) is 19.4 Å². The van der Waals surface area contributed by atoms with Gasteiger partial charge >= 0.3 is 0 Å². The number of alkyl halides is 1. The number of para-hydroxylation sites is 1. The third-order valence-corrected chi connectivity index (χ3v) is 3.37. The van der Waals surface area contributed by atoms with E-state index >= 15 is 0 Å². The van der Waals surface area contributed by atoms with Gasteiger partial charge in [-0.1, -0.05) is 64.5 Å². The maximum absolute atomic E-state index is 5.63. The van der Waals surface area contributed by atoms with Gasteiger partial charge in [-0.2, -0.15) is 0 Å². The fourth-order valence-electron chi connectivity index (χ4n) is 2.07. The Bertz CT molecular complexity index is 527. The van der Waals surface area contributed by atoms with Gasteiger partial charge in [-0.3, -0.25) is 0 Å². The molecule has 2 aromatic carbocycles. The van der Waals surface area contributed by atoms with E-state index in [1.165, 1.54) is 5.56 Å². The van der Waals surface area contributed by atoms with E-state index in [1.54, 1.807) is 7.11 Å². The summed E-state index contributed by atoms with van der Waals surface area (Å²) in [6.07, 6.45) is 0. The number of methoxy groups -OCH3 is 1. The first-order valence-electron chi connectivity index (χ1n) is 5.96. The van der Waals surface area contributed by atoms with Crippen molar-refractivity contribution in [3.63, 3.8) is 0 Å². The smallest absolute Gasteiger partial charge is 0.131 e. The average molecular weight is 305 g/mol. The van der Waals surface area contributed by atoms with Gasteiger partial charge < -0.3 is 4.74 Å². The first-order valence-corrected chi connectivity index (χ1v) is 6.75. The molecule has 0 amide bonds. The molecule has 0 aliphatic rings. The topological polar surface area (TPSA) is 9.23 Å². The van der Waals surface area contributed by atoms with E-state index in [2.05, 4.69) is 60.1 Å². The van der Waals surface area contributed by atoms with Crippen LogP contribution in [0.4, 0.5) is 0 Å². The second kappa shape index (κ2) is 5.15. The molecule has 0 saturated carbocycles. The maximum Gasteiger partial charge on any atom is 0.131 e. The van der Waals surface area contributed by atoms with Crippen molar-refractivity contribution in [3.8, 4) is 16.9 Å². The van der Waals surface area contributed by atoms with Crippen LogP contribution in [0.5, 0.6) is 5.75 Å². The predicted molar refractivity (Wildman–Crippen MR) is 80.4 cm³/mol. The summed E-state index contributed by atoms with van der Waals surface area (Å²) in [6.45, 7) is 4.25. The highest BCUT2D eigenvalue weighted by atomic mass is 79.9. The van der Waals surface area contributed by atoms with Gasteiger partial charge in [0, 0.05) is 15.5 Å². The number of rotatable bonds is 3. The van der Waals surface area contributed by atoms with Gasteiger partial charge in [0.2, 0.25) is 0 Å². The standard InChI is InChI=1S/C16H17BrO/c1-16(2,17)14-11-7-10-13(15(14)18-3)12-8-5-4-6-9-12/h4-11H,1-3H3. The van der Waals surface area contributed by atoms with Gasteiger partial charge in [-0.05, 0) is 19.4 Å². The van der Waals surface area contributed by atoms with Crippen LogP contribution in [0.25, 0.3) is 11.1 Å². The molecule has 0 fully saturated rings. The lowest BCUT2D eigenvalue weighted by Gasteiger charge is -2.22. The van der Waals surface area contributed by atoms with Gasteiger partial charge in [-0.15, -0.1) is 0 Å². The van der Waals surface area contributed by atoms with E-state index in [4.69, 9.17) is 4.74 Å². The number of hydrogen-bond acceptors (Lipinski definition) is 1. The Hall–Kier alpha value is -1.28. The monoisotopic (exact) mass is 304 g/mol. The molecular weight excluding hydrogens is 288 g/mol. The summed E-state index contributed by atoms with van der Waals surface area (Å²) in [5.74, 6) is 0.936. The van der Waals surface area contributed by atoms with Crippen molar-refractivity contribution in [1.82, 2.24) is 0 Å². The normalized spacial score (nSPS) is 11.3. The van der Waals surface area contributed by atoms with Gasteiger partial charge in [0.15, 0.2) is 0 Å². The lowest BCUT2D eigenvalue weighted by atomic mass is 9.95. The molecular formula is C16H17BrO. The molecule has 2 aromatic rings. The molecule has 2 rings (SSSR count). The summed E-state index contributed by atoms with van der Waals surface area (Å²) < 4.78 is 5.52. The summed E-state index contributed by atoms with van der Waals surface area (Å²) in [6, 6.07) is 16.6. The Morgan fingerprint density at radius 2 is 1.61 bits per heavy atom. The first kappa shape index (κ1) is 13.2. The van der Waals surface area contributed by atoms with E-state index in [9.17, 15) is 0 Å². The van der Waals surface area contributed by atoms with Gasteiger partial charge in [0.1, 0.15) is 5.75 Å². The Balaban J connectivity index is 2.63. The Kier molecular flexibility index (Phi) is 3.76. The Labute approximate surface area is 117 Å². The summed E-state index contributed by atoms with van der Waals surface area (Å²) in [5, 5.41) is 0. The maximum atomic E-state index is 5.63. The van der Waals surface area contributed by atoms with Crippen molar-refractivity contribution < 1.29 is 4.74 Å². The zero-order chi connectivity index (χ0) is 13.2. The fraction of sp³-hybridized carbons (Fsp3) is 0.250. The molecule has 0 N–H and O–H groups in total. The molecule has 0 aliphatic carbocycles. The van der Waals surface area contributed by atoms with Gasteiger partial charge in [0.05, 0.1) is 7.11 Å². The molecule has 0 unspecified atom stereocenters. The molecule has 1 nitrogen and oxygen atoms in total. The third-order valence-electron chi connectivity index (χ3n) is 2.94. The summed E-state index contributed by atoms with van der Waals surface area (Å²) >= 11 is 3.71. The van der Waals surface area contributed by atoms with Crippen molar-refractivity contribution in [2.24, 2.45) is 0 Å². The molecule has 18 heavy (non-hydrogen) atoms. The molecule has 0 spiro atoms. The van der Waals surface area contributed by atoms with E-state index < -0.39 is 0 Å². The number of halogens is 1. The highest BCUT2D eigenvalue weighted by Crippen LogP contribution is 2.41. The van der Waals surface area contributed by atoms with Gasteiger partial charge in [0.25, 0.3) is 0 Å². The van der Waals surface area contributed by atoms with Crippen LogP contribution in [0.2, 0.25) is 0 Å². The number of benzene rings is 2. The summed E-state index contributed by atoms with van der Waals surface area (Å²) in [5.41, 5.74) is 3.46. The van der Waals surface area contributed by atoms with E-state index in [-0.39, 0.29) is 4.32 Å². The van der Waals surface area contributed by atoms with Crippen LogP contribution >= 0.6 is 15.9 Å². The second-order valence-corrected chi connectivity index (χ2v) is 6.71. The zero-order valence-electron chi connectivity index (χ0n) is 10.9. The molecule has 0 aromatic heterocycles. The molecule has 2 heteroatoms. The fourth-order valence-corrected chi connectivity index (χ4v) is 2.38. The first-order chi connectivity index (χ1) is 8.54. The minimum absolute atomic E-state index is 0.108. The molecule has 94 valence electrons. The molecule has 0 aliphatic heterocycles. The Morgan fingerprint density at radius 3 is 2.17 bits per heavy atom. The SMILES string of the molecule is COc1c(-c2ccccc2)cccc1C(C)(C)Br. The van der Waals surface area contributed by atoms with Crippen molar-refractivity contribution >= 4 is 15.9 Å². The zero-order valence-corrected chi connectivity index (χ0v) is 12.5. The molecule has 0 saturated heterocycles. The Morgan fingerprint density at radius 1 is 0.944 bits per heavy atom. The minimum Gasteiger partial charge on any atom is -0.496 e. The van der Waals surface area contributed by atoms with Crippen LogP contribution in [0, 0.1) is 0 Å². The predicted octanol–water partition coefficient (Wildman–Crippen LogP) is 4.99. The van der Waals surface area contributed by atoms with Crippen LogP contribution < -0.4 is 4.74 Å². The number of ether oxygens (including phenoxy) is 1. The lowest BCUT2D eigenvalue weighted by Crippen LogP contribution is -2.09. The highest BCUT2D eigenvalue weighted by molar-refractivity contribution is 9.09. The number of hydrogen-bond donors (Lipinski definition) is 0. The molecule has 0 heterocycles. The van der Waals surface area contributed by atoms with Gasteiger partial charge in [-0.25, -0.2) is 0 Å². The van der Waals surface area contributed by atoms with Crippen LogP contribution in [-0.4, -0.2) is 7.11 Å². The van der Waals surface area contributed by atoms with E-state index in [0.717, 1.165) is 16.9 Å². The third kappa shape index (κ3) is 2.59.